The highest BCUT2D eigenvalue weighted by Crippen LogP contribution is 2.18. The Morgan fingerprint density at radius 2 is 2.10 bits per heavy atom. The molecule has 0 unspecified atom stereocenters. The summed E-state index contributed by atoms with van der Waals surface area (Å²) < 4.78 is 5.44. The fraction of sp³-hybridized carbons (Fsp3) is 0.391. The molecule has 7 heteroatoms. The Kier molecular flexibility index (Phi) is 7.03. The second-order valence-electron chi connectivity index (χ2n) is 7.54. The number of rotatable bonds is 7. The first-order valence-corrected chi connectivity index (χ1v) is 11.4. The van der Waals surface area contributed by atoms with Crippen LogP contribution >= 0.6 is 11.3 Å². The van der Waals surface area contributed by atoms with Gasteiger partial charge in [-0.25, -0.2) is 9.98 Å². The minimum atomic E-state index is 0.407. The predicted octanol–water partition coefficient (Wildman–Crippen LogP) is 3.99. The summed E-state index contributed by atoms with van der Waals surface area (Å²) in [6.45, 7) is 5.52. The molecule has 0 saturated carbocycles. The molecule has 1 aliphatic rings. The highest BCUT2D eigenvalue weighted by atomic mass is 32.1. The average molecular weight is 424 g/mol. The van der Waals surface area contributed by atoms with Crippen LogP contribution in [0.5, 0.6) is 0 Å². The highest BCUT2D eigenvalue weighted by Gasteiger charge is 2.21. The maximum Gasteiger partial charge on any atom is 0.191 e. The average Bonchev–Trinajstić information content (AvgIpc) is 3.47. The van der Waals surface area contributed by atoms with Gasteiger partial charge in [-0.15, -0.1) is 11.3 Å². The molecule has 0 spiro atoms. The van der Waals surface area contributed by atoms with Gasteiger partial charge in [0.2, 0.25) is 0 Å². The molecule has 1 aliphatic heterocycles. The molecule has 1 fully saturated rings. The fourth-order valence-corrected chi connectivity index (χ4v) is 4.25. The Labute approximate surface area is 182 Å². The molecule has 0 amide bonds. The monoisotopic (exact) mass is 423 g/mol. The highest BCUT2D eigenvalue weighted by molar-refractivity contribution is 7.09. The quantitative estimate of drug-likeness (QED) is 0.444. The van der Waals surface area contributed by atoms with Gasteiger partial charge < -0.3 is 20.0 Å². The number of nitrogens with zero attached hydrogens (tertiary/aromatic N) is 3. The van der Waals surface area contributed by atoms with E-state index in [1.807, 2.05) is 25.1 Å². The third kappa shape index (κ3) is 5.86. The van der Waals surface area contributed by atoms with E-state index in [4.69, 9.17) is 9.41 Å². The van der Waals surface area contributed by atoms with Crippen molar-refractivity contribution in [1.29, 1.82) is 0 Å². The molecule has 1 saturated heterocycles. The van der Waals surface area contributed by atoms with E-state index < -0.39 is 0 Å². The van der Waals surface area contributed by atoms with Gasteiger partial charge in [0.25, 0.3) is 0 Å². The Hall–Kier alpha value is -2.80. The lowest BCUT2D eigenvalue weighted by molar-refractivity contribution is 0.458. The molecule has 0 aliphatic carbocycles. The minimum Gasteiger partial charge on any atom is -0.469 e. The zero-order valence-corrected chi connectivity index (χ0v) is 18.2. The SMILES string of the molecule is Cc1cccc(N2CCC(NC(=NCc3cccs3)NCCc3ccco3)CC2)n1. The zero-order valence-electron chi connectivity index (χ0n) is 17.4. The first-order valence-electron chi connectivity index (χ1n) is 10.5. The lowest BCUT2D eigenvalue weighted by atomic mass is 10.1. The number of piperidine rings is 1. The third-order valence-corrected chi connectivity index (χ3v) is 6.11. The Morgan fingerprint density at radius 3 is 2.83 bits per heavy atom. The molecule has 4 rings (SSSR count). The number of guanidine groups is 1. The summed E-state index contributed by atoms with van der Waals surface area (Å²) in [7, 11) is 0. The van der Waals surface area contributed by atoms with Gasteiger partial charge in [0, 0.05) is 42.7 Å². The van der Waals surface area contributed by atoms with E-state index in [0.29, 0.717) is 12.6 Å². The van der Waals surface area contributed by atoms with Gasteiger partial charge in [0.15, 0.2) is 5.96 Å². The molecule has 30 heavy (non-hydrogen) atoms. The number of aryl methyl sites for hydroxylation is 1. The minimum absolute atomic E-state index is 0.407. The maximum absolute atomic E-state index is 5.44. The largest absolute Gasteiger partial charge is 0.469 e. The summed E-state index contributed by atoms with van der Waals surface area (Å²) in [5, 5.41) is 9.22. The van der Waals surface area contributed by atoms with Crippen molar-refractivity contribution in [2.24, 2.45) is 4.99 Å². The van der Waals surface area contributed by atoms with E-state index in [1.54, 1.807) is 17.6 Å². The van der Waals surface area contributed by atoms with Crippen LogP contribution in [0.1, 0.15) is 29.2 Å². The zero-order chi connectivity index (χ0) is 20.6. The molecule has 0 radical (unpaired) electrons. The van der Waals surface area contributed by atoms with E-state index >= 15 is 0 Å². The van der Waals surface area contributed by atoms with E-state index in [9.17, 15) is 0 Å². The maximum atomic E-state index is 5.44. The van der Waals surface area contributed by atoms with Crippen molar-refractivity contribution in [3.05, 3.63) is 70.4 Å². The number of pyridine rings is 1. The van der Waals surface area contributed by atoms with Crippen molar-refractivity contribution in [3.8, 4) is 0 Å². The molecular weight excluding hydrogens is 394 g/mol. The van der Waals surface area contributed by atoms with Crippen molar-refractivity contribution in [3.63, 3.8) is 0 Å². The molecule has 3 aromatic rings. The van der Waals surface area contributed by atoms with Gasteiger partial charge in [0.1, 0.15) is 11.6 Å². The standard InChI is InChI=1S/C23H29N5OS/c1-18-5-2-8-22(26-18)28-13-10-19(11-14-28)27-23(25-17-21-7-4-16-30-21)24-12-9-20-6-3-15-29-20/h2-8,15-16,19H,9-14,17H2,1H3,(H2,24,25,27). The van der Waals surface area contributed by atoms with Gasteiger partial charge in [-0.1, -0.05) is 12.1 Å². The summed E-state index contributed by atoms with van der Waals surface area (Å²) >= 11 is 1.74. The second-order valence-corrected chi connectivity index (χ2v) is 8.58. The van der Waals surface area contributed by atoms with Crippen LogP contribution in [0, 0.1) is 6.92 Å². The normalized spacial score (nSPS) is 15.4. The van der Waals surface area contributed by atoms with E-state index in [-0.39, 0.29) is 0 Å². The number of nitrogens with one attached hydrogen (secondary N) is 2. The van der Waals surface area contributed by atoms with Crippen molar-refractivity contribution < 1.29 is 4.42 Å². The van der Waals surface area contributed by atoms with Crippen LogP contribution in [0.3, 0.4) is 0 Å². The van der Waals surface area contributed by atoms with Crippen LogP contribution < -0.4 is 15.5 Å². The first kappa shape index (κ1) is 20.5. The van der Waals surface area contributed by atoms with E-state index in [2.05, 4.69) is 50.2 Å². The molecule has 4 heterocycles. The van der Waals surface area contributed by atoms with E-state index in [1.165, 1.54) is 4.88 Å². The predicted molar refractivity (Wildman–Crippen MR) is 123 cm³/mol. The van der Waals surface area contributed by atoms with Crippen molar-refractivity contribution >= 4 is 23.1 Å². The number of thiophene rings is 1. The summed E-state index contributed by atoms with van der Waals surface area (Å²) in [6, 6.07) is 14.8. The topological polar surface area (TPSA) is 65.7 Å². The lowest BCUT2D eigenvalue weighted by Crippen LogP contribution is -2.49. The molecular formula is C23H29N5OS. The summed E-state index contributed by atoms with van der Waals surface area (Å²) in [4.78, 5) is 13.1. The Morgan fingerprint density at radius 1 is 1.20 bits per heavy atom. The van der Waals surface area contributed by atoms with Crippen LogP contribution in [0.15, 0.2) is 63.5 Å². The number of aromatic nitrogens is 1. The molecule has 3 aromatic heterocycles. The van der Waals surface area contributed by atoms with Crippen molar-refractivity contribution in [2.75, 3.05) is 24.5 Å². The lowest BCUT2D eigenvalue weighted by Gasteiger charge is -2.34. The first-order chi connectivity index (χ1) is 14.8. The molecule has 0 bridgehead atoms. The van der Waals surface area contributed by atoms with Crippen LogP contribution in [0.2, 0.25) is 0 Å². The van der Waals surface area contributed by atoms with Gasteiger partial charge >= 0.3 is 0 Å². The van der Waals surface area contributed by atoms with Crippen LogP contribution in [0.4, 0.5) is 5.82 Å². The number of aliphatic imine (C=N–C) groups is 1. The summed E-state index contributed by atoms with van der Waals surface area (Å²) in [5.41, 5.74) is 1.07. The van der Waals surface area contributed by atoms with Crippen LogP contribution in [0.25, 0.3) is 0 Å². The van der Waals surface area contributed by atoms with Gasteiger partial charge in [-0.05, 0) is 55.5 Å². The molecule has 2 N–H and O–H groups in total. The summed E-state index contributed by atoms with van der Waals surface area (Å²) in [6.07, 6.45) is 4.68. The summed E-state index contributed by atoms with van der Waals surface area (Å²) in [5.74, 6) is 2.94. The van der Waals surface area contributed by atoms with Crippen molar-refractivity contribution in [1.82, 2.24) is 15.6 Å². The van der Waals surface area contributed by atoms with Gasteiger partial charge in [0.05, 0.1) is 12.8 Å². The number of hydrogen-bond donors (Lipinski definition) is 2. The molecule has 0 atom stereocenters. The molecule has 6 nitrogen and oxygen atoms in total. The van der Waals surface area contributed by atoms with E-state index in [0.717, 1.165) is 62.1 Å². The Bertz CT molecular complexity index is 915. The van der Waals surface area contributed by atoms with Crippen LogP contribution in [-0.2, 0) is 13.0 Å². The van der Waals surface area contributed by atoms with Gasteiger partial charge in [-0.3, -0.25) is 0 Å². The number of furan rings is 1. The smallest absolute Gasteiger partial charge is 0.191 e. The van der Waals surface area contributed by atoms with Gasteiger partial charge in [-0.2, -0.15) is 0 Å². The molecule has 0 aromatic carbocycles. The van der Waals surface area contributed by atoms with Crippen LogP contribution in [-0.4, -0.2) is 36.6 Å². The fourth-order valence-electron chi connectivity index (χ4n) is 3.62. The number of anilines is 1. The number of hydrogen-bond acceptors (Lipinski definition) is 5. The molecule has 158 valence electrons. The van der Waals surface area contributed by atoms with Crippen molar-refractivity contribution in [2.45, 2.75) is 38.8 Å². The second kappa shape index (κ2) is 10.3. The Balaban J connectivity index is 1.32. The third-order valence-electron chi connectivity index (χ3n) is 5.25.